The standard InChI is InChI=1S/C14H26N4O3/c1-16-8-10-18(11-9-16)15-14(21)17-6-4-12(5-7-17)2-3-13(19)20/h12H,2-11H2,1H3,(H,15,21)(H,19,20). The van der Waals surface area contributed by atoms with Crippen molar-refractivity contribution in [2.45, 2.75) is 25.7 Å². The Kier molecular flexibility index (Phi) is 5.81. The first-order valence-corrected chi connectivity index (χ1v) is 7.75. The van der Waals surface area contributed by atoms with Gasteiger partial charge in [-0.2, -0.15) is 0 Å². The van der Waals surface area contributed by atoms with Crippen molar-refractivity contribution in [2.75, 3.05) is 46.3 Å². The lowest BCUT2D eigenvalue weighted by atomic mass is 9.92. The molecule has 0 radical (unpaired) electrons. The van der Waals surface area contributed by atoms with Crippen LogP contribution in [0.4, 0.5) is 4.79 Å². The average molecular weight is 298 g/mol. The molecule has 2 rings (SSSR count). The highest BCUT2D eigenvalue weighted by Crippen LogP contribution is 2.21. The average Bonchev–Trinajstić information content (AvgIpc) is 2.48. The quantitative estimate of drug-likeness (QED) is 0.787. The van der Waals surface area contributed by atoms with E-state index in [9.17, 15) is 9.59 Å². The predicted octanol–water partition coefficient (Wildman–Crippen LogP) is 0.435. The van der Waals surface area contributed by atoms with Crippen molar-refractivity contribution in [3.8, 4) is 0 Å². The maximum absolute atomic E-state index is 12.2. The van der Waals surface area contributed by atoms with Crippen molar-refractivity contribution in [3.05, 3.63) is 0 Å². The number of hydrogen-bond donors (Lipinski definition) is 2. The van der Waals surface area contributed by atoms with Crippen LogP contribution in [-0.4, -0.2) is 78.2 Å². The van der Waals surface area contributed by atoms with Crippen molar-refractivity contribution < 1.29 is 14.7 Å². The van der Waals surface area contributed by atoms with Crippen LogP contribution in [0.5, 0.6) is 0 Å². The van der Waals surface area contributed by atoms with E-state index in [1.54, 1.807) is 0 Å². The minimum atomic E-state index is -0.731. The number of piperazine rings is 1. The Morgan fingerprint density at radius 2 is 1.71 bits per heavy atom. The lowest BCUT2D eigenvalue weighted by Crippen LogP contribution is -2.56. The number of carbonyl (C=O) groups excluding carboxylic acids is 1. The topological polar surface area (TPSA) is 76.1 Å². The van der Waals surface area contributed by atoms with Gasteiger partial charge in [0.1, 0.15) is 0 Å². The molecule has 2 aliphatic heterocycles. The summed E-state index contributed by atoms with van der Waals surface area (Å²) in [6.45, 7) is 5.11. The van der Waals surface area contributed by atoms with Gasteiger partial charge in [-0.3, -0.25) is 10.2 Å². The Bertz CT molecular complexity index is 361. The van der Waals surface area contributed by atoms with Gasteiger partial charge in [-0.15, -0.1) is 0 Å². The van der Waals surface area contributed by atoms with E-state index in [2.05, 4.69) is 17.4 Å². The maximum atomic E-state index is 12.2. The van der Waals surface area contributed by atoms with Gasteiger partial charge >= 0.3 is 12.0 Å². The number of rotatable bonds is 4. The highest BCUT2D eigenvalue weighted by atomic mass is 16.4. The molecule has 7 nitrogen and oxygen atoms in total. The van der Waals surface area contributed by atoms with Crippen LogP contribution in [0, 0.1) is 5.92 Å². The van der Waals surface area contributed by atoms with Crippen molar-refractivity contribution >= 4 is 12.0 Å². The van der Waals surface area contributed by atoms with E-state index >= 15 is 0 Å². The number of hydrogen-bond acceptors (Lipinski definition) is 4. The second-order valence-electron chi connectivity index (χ2n) is 6.07. The summed E-state index contributed by atoms with van der Waals surface area (Å²) in [6.07, 6.45) is 2.77. The number of hydrazine groups is 1. The third-order valence-corrected chi connectivity index (χ3v) is 4.43. The number of nitrogens with one attached hydrogen (secondary N) is 1. The molecule has 2 fully saturated rings. The van der Waals surface area contributed by atoms with E-state index < -0.39 is 5.97 Å². The molecule has 0 aromatic rings. The number of carbonyl (C=O) groups is 2. The van der Waals surface area contributed by atoms with Gasteiger partial charge in [-0.05, 0) is 32.2 Å². The predicted molar refractivity (Wildman–Crippen MR) is 78.8 cm³/mol. The number of piperidine rings is 1. The van der Waals surface area contributed by atoms with Crippen molar-refractivity contribution in [1.29, 1.82) is 0 Å². The fourth-order valence-electron chi connectivity index (χ4n) is 2.88. The van der Waals surface area contributed by atoms with Crippen molar-refractivity contribution in [3.63, 3.8) is 0 Å². The van der Waals surface area contributed by atoms with Crippen LogP contribution >= 0.6 is 0 Å². The number of urea groups is 1. The normalized spacial score (nSPS) is 22.2. The maximum Gasteiger partial charge on any atom is 0.331 e. The summed E-state index contributed by atoms with van der Waals surface area (Å²) >= 11 is 0. The number of likely N-dealkylation sites (N-methyl/N-ethyl adjacent to an activating group) is 1. The first kappa shape index (κ1) is 16.0. The number of nitrogens with zero attached hydrogens (tertiary/aromatic N) is 3. The minimum absolute atomic E-state index is 0.0174. The third-order valence-electron chi connectivity index (χ3n) is 4.43. The van der Waals surface area contributed by atoms with E-state index in [1.807, 2.05) is 9.91 Å². The van der Waals surface area contributed by atoms with Crippen LogP contribution in [0.15, 0.2) is 0 Å². The second kappa shape index (κ2) is 7.61. The molecule has 0 aliphatic carbocycles. The van der Waals surface area contributed by atoms with Crippen LogP contribution in [0.3, 0.4) is 0 Å². The second-order valence-corrected chi connectivity index (χ2v) is 6.07. The molecule has 2 saturated heterocycles. The Morgan fingerprint density at radius 3 is 2.29 bits per heavy atom. The highest BCUT2D eigenvalue weighted by molar-refractivity contribution is 5.73. The van der Waals surface area contributed by atoms with Crippen molar-refractivity contribution in [1.82, 2.24) is 20.2 Å². The van der Waals surface area contributed by atoms with E-state index in [1.165, 1.54) is 0 Å². The number of amides is 2. The zero-order valence-corrected chi connectivity index (χ0v) is 12.8. The van der Waals surface area contributed by atoms with Gasteiger partial charge in [0.25, 0.3) is 0 Å². The van der Waals surface area contributed by atoms with Gasteiger partial charge in [0, 0.05) is 45.7 Å². The fraction of sp³-hybridized carbons (Fsp3) is 0.857. The van der Waals surface area contributed by atoms with E-state index in [4.69, 9.17) is 5.11 Å². The molecule has 0 spiro atoms. The van der Waals surface area contributed by atoms with Crippen LogP contribution in [0.1, 0.15) is 25.7 Å². The van der Waals surface area contributed by atoms with Crippen LogP contribution < -0.4 is 5.43 Å². The summed E-state index contributed by atoms with van der Waals surface area (Å²) in [5.41, 5.74) is 2.97. The molecule has 2 amide bonds. The molecule has 7 heteroatoms. The molecule has 2 aliphatic rings. The summed E-state index contributed by atoms with van der Waals surface area (Å²) < 4.78 is 0. The Hall–Kier alpha value is -1.34. The van der Waals surface area contributed by atoms with Gasteiger partial charge in [0.2, 0.25) is 0 Å². The molecular formula is C14H26N4O3. The number of carboxylic acids is 1. The first-order valence-electron chi connectivity index (χ1n) is 7.75. The van der Waals surface area contributed by atoms with E-state index in [0.29, 0.717) is 5.92 Å². The molecule has 0 atom stereocenters. The molecule has 0 bridgehead atoms. The van der Waals surface area contributed by atoms with E-state index in [0.717, 1.165) is 58.5 Å². The number of aliphatic carboxylic acids is 1. The van der Waals surface area contributed by atoms with Crippen LogP contribution in [0.25, 0.3) is 0 Å². The Balaban J connectivity index is 1.67. The zero-order chi connectivity index (χ0) is 15.2. The van der Waals surface area contributed by atoms with Crippen LogP contribution in [0.2, 0.25) is 0 Å². The molecule has 120 valence electrons. The van der Waals surface area contributed by atoms with Gasteiger partial charge in [0.05, 0.1) is 0 Å². The first-order chi connectivity index (χ1) is 10.0. The molecule has 0 unspecified atom stereocenters. The molecular weight excluding hydrogens is 272 g/mol. The van der Waals surface area contributed by atoms with Crippen molar-refractivity contribution in [2.24, 2.45) is 5.92 Å². The number of carboxylic acid groups (broad SMARTS) is 1. The van der Waals surface area contributed by atoms with Crippen LogP contribution in [-0.2, 0) is 4.79 Å². The van der Waals surface area contributed by atoms with Gasteiger partial charge in [0.15, 0.2) is 0 Å². The third kappa shape index (κ3) is 5.17. The molecule has 2 heterocycles. The molecule has 0 aromatic heterocycles. The number of likely N-dealkylation sites (tertiary alicyclic amines) is 1. The largest absolute Gasteiger partial charge is 0.481 e. The van der Waals surface area contributed by atoms with Gasteiger partial charge in [-0.1, -0.05) is 0 Å². The van der Waals surface area contributed by atoms with Gasteiger partial charge < -0.3 is 14.9 Å². The molecule has 0 saturated carbocycles. The summed E-state index contributed by atoms with van der Waals surface area (Å²) in [5.74, 6) is -0.293. The Morgan fingerprint density at radius 1 is 1.10 bits per heavy atom. The lowest BCUT2D eigenvalue weighted by molar-refractivity contribution is -0.137. The van der Waals surface area contributed by atoms with E-state index in [-0.39, 0.29) is 12.5 Å². The molecule has 21 heavy (non-hydrogen) atoms. The Labute approximate surface area is 125 Å². The summed E-state index contributed by atoms with van der Waals surface area (Å²) in [5, 5.41) is 10.7. The minimum Gasteiger partial charge on any atom is -0.481 e. The zero-order valence-electron chi connectivity index (χ0n) is 12.8. The fourth-order valence-corrected chi connectivity index (χ4v) is 2.88. The summed E-state index contributed by atoms with van der Waals surface area (Å²) in [7, 11) is 2.08. The lowest BCUT2D eigenvalue weighted by Gasteiger charge is -2.36. The SMILES string of the molecule is CN1CCN(NC(=O)N2CCC(CCC(=O)O)CC2)CC1. The molecule has 0 aromatic carbocycles. The van der Waals surface area contributed by atoms with Gasteiger partial charge in [-0.25, -0.2) is 9.80 Å². The summed E-state index contributed by atoms with van der Waals surface area (Å²) in [6, 6.07) is -0.0174. The molecule has 2 N–H and O–H groups in total. The smallest absolute Gasteiger partial charge is 0.331 e. The summed E-state index contributed by atoms with van der Waals surface area (Å²) in [4.78, 5) is 26.9. The highest BCUT2D eigenvalue weighted by Gasteiger charge is 2.25. The monoisotopic (exact) mass is 298 g/mol.